The Kier molecular flexibility index (Phi) is 3.12. The lowest BCUT2D eigenvalue weighted by Crippen LogP contribution is -1.92. The number of hydrogen-bond donors (Lipinski definition) is 0. The highest BCUT2D eigenvalue weighted by molar-refractivity contribution is 6.39. The van der Waals surface area contributed by atoms with Crippen molar-refractivity contribution >= 4 is 31.0 Å². The summed E-state index contributed by atoms with van der Waals surface area (Å²) >= 11 is 12.4. The van der Waals surface area contributed by atoms with Crippen molar-refractivity contribution in [3.8, 4) is 11.3 Å². The van der Waals surface area contributed by atoms with Gasteiger partial charge in [0.1, 0.15) is 11.5 Å². The number of hydrogen-bond acceptors (Lipinski definition) is 2. The van der Waals surface area contributed by atoms with Crippen molar-refractivity contribution in [3.05, 3.63) is 39.6 Å². The zero-order valence-corrected chi connectivity index (χ0v) is 11.1. The van der Waals surface area contributed by atoms with E-state index in [2.05, 4.69) is 5.16 Å². The third-order valence-corrected chi connectivity index (χ3v) is 3.80. The van der Waals surface area contributed by atoms with Crippen LogP contribution in [0.1, 0.15) is 30.1 Å². The first-order valence-corrected chi connectivity index (χ1v) is 6.61. The largest absolute Gasteiger partial charge is 0.360 e. The van der Waals surface area contributed by atoms with Crippen LogP contribution in [-0.4, -0.2) is 13.0 Å². The van der Waals surface area contributed by atoms with Gasteiger partial charge >= 0.3 is 0 Å². The average Bonchev–Trinajstić information content (AvgIpc) is 3.10. The third-order valence-electron chi connectivity index (χ3n) is 3.17. The molecule has 1 saturated carbocycles. The molecular weight excluding hydrogens is 268 g/mol. The molecule has 0 bridgehead atoms. The van der Waals surface area contributed by atoms with Gasteiger partial charge in [0.05, 0.1) is 17.9 Å². The van der Waals surface area contributed by atoms with Crippen molar-refractivity contribution in [2.45, 2.75) is 25.1 Å². The molecule has 18 heavy (non-hydrogen) atoms. The molecule has 0 saturated heterocycles. The Balaban J connectivity index is 2.16. The van der Waals surface area contributed by atoms with E-state index in [1.807, 2.05) is 0 Å². The third kappa shape index (κ3) is 1.96. The van der Waals surface area contributed by atoms with Crippen LogP contribution < -0.4 is 0 Å². The lowest BCUT2D eigenvalue weighted by atomic mass is 9.91. The zero-order valence-electron chi connectivity index (χ0n) is 9.62. The lowest BCUT2D eigenvalue weighted by Gasteiger charge is -2.05. The Morgan fingerprint density at radius 3 is 2.50 bits per heavy atom. The maximum atomic E-state index is 6.19. The van der Waals surface area contributed by atoms with Crippen molar-refractivity contribution in [1.82, 2.24) is 5.16 Å². The Morgan fingerprint density at radius 1 is 1.28 bits per heavy atom. The van der Waals surface area contributed by atoms with Gasteiger partial charge < -0.3 is 4.52 Å². The van der Waals surface area contributed by atoms with Crippen LogP contribution in [0, 0.1) is 0 Å². The molecule has 0 unspecified atom stereocenters. The van der Waals surface area contributed by atoms with E-state index in [-0.39, 0.29) is 0 Å². The highest BCUT2D eigenvalue weighted by Crippen LogP contribution is 2.45. The van der Waals surface area contributed by atoms with Crippen molar-refractivity contribution in [1.29, 1.82) is 0 Å². The van der Waals surface area contributed by atoms with Crippen LogP contribution in [0.15, 0.2) is 22.7 Å². The van der Waals surface area contributed by atoms with Gasteiger partial charge in [-0.2, -0.15) is 0 Å². The van der Waals surface area contributed by atoms with Crippen LogP contribution in [0.3, 0.4) is 0 Å². The van der Waals surface area contributed by atoms with Crippen molar-refractivity contribution in [2.75, 3.05) is 0 Å². The second-order valence-corrected chi connectivity index (χ2v) is 5.26. The van der Waals surface area contributed by atoms with Crippen LogP contribution in [0.2, 0.25) is 10.0 Å². The Bertz CT molecular complexity index is 572. The minimum absolute atomic E-state index is 0.381. The summed E-state index contributed by atoms with van der Waals surface area (Å²) in [4.78, 5) is 0. The van der Waals surface area contributed by atoms with E-state index in [1.54, 1.807) is 18.2 Å². The van der Waals surface area contributed by atoms with Crippen LogP contribution in [-0.2, 0) is 6.32 Å². The predicted molar refractivity (Wildman–Crippen MR) is 73.4 cm³/mol. The van der Waals surface area contributed by atoms with Gasteiger partial charge in [-0.3, -0.25) is 0 Å². The summed E-state index contributed by atoms with van der Waals surface area (Å²) in [6.07, 6.45) is 2.65. The molecule has 2 aromatic rings. The van der Waals surface area contributed by atoms with Crippen LogP contribution in [0.25, 0.3) is 11.3 Å². The zero-order chi connectivity index (χ0) is 12.7. The molecule has 5 heteroatoms. The Hall–Kier alpha value is -0.925. The number of halogens is 2. The van der Waals surface area contributed by atoms with E-state index in [0.29, 0.717) is 33.5 Å². The summed E-state index contributed by atoms with van der Waals surface area (Å²) in [7, 11) is 5.81. The number of aromatic nitrogens is 1. The number of nitrogens with zero attached hydrogens (tertiary/aromatic N) is 1. The summed E-state index contributed by atoms with van der Waals surface area (Å²) in [5.41, 5.74) is 2.31. The lowest BCUT2D eigenvalue weighted by molar-refractivity contribution is 0.385. The molecule has 2 nitrogen and oxygen atoms in total. The minimum atomic E-state index is 0.381. The van der Waals surface area contributed by atoms with E-state index in [1.165, 1.54) is 0 Å². The molecule has 1 aliphatic rings. The first kappa shape index (κ1) is 12.1. The predicted octanol–water partition coefficient (Wildman–Crippen LogP) is 4.19. The molecule has 0 atom stereocenters. The summed E-state index contributed by atoms with van der Waals surface area (Å²) < 4.78 is 5.43. The Morgan fingerprint density at radius 2 is 1.94 bits per heavy atom. The van der Waals surface area contributed by atoms with Gasteiger partial charge in [0, 0.05) is 17.0 Å². The highest BCUT2D eigenvalue weighted by Gasteiger charge is 2.32. The topological polar surface area (TPSA) is 26.0 Å². The van der Waals surface area contributed by atoms with Gasteiger partial charge in [-0.15, -0.1) is 0 Å². The second kappa shape index (κ2) is 4.63. The van der Waals surface area contributed by atoms with Crippen molar-refractivity contribution < 1.29 is 4.52 Å². The standard InChI is InChI=1S/C13H10BCl2NO/c14-6-8-12(17-18-13(8)7-4-5-7)11-9(15)2-1-3-10(11)16/h1-3,7H,4-6H2. The van der Waals surface area contributed by atoms with Gasteiger partial charge in [-0.05, 0) is 25.0 Å². The molecule has 2 radical (unpaired) electrons. The van der Waals surface area contributed by atoms with Gasteiger partial charge in [-0.1, -0.05) is 40.7 Å². The van der Waals surface area contributed by atoms with E-state index >= 15 is 0 Å². The molecule has 1 aromatic carbocycles. The molecule has 1 aromatic heterocycles. The van der Waals surface area contributed by atoms with Gasteiger partial charge in [0.15, 0.2) is 0 Å². The molecule has 1 aliphatic carbocycles. The van der Waals surface area contributed by atoms with Crippen LogP contribution in [0.5, 0.6) is 0 Å². The molecule has 0 amide bonds. The smallest absolute Gasteiger partial charge is 0.142 e. The normalized spacial score (nSPS) is 15.0. The van der Waals surface area contributed by atoms with Crippen LogP contribution in [0.4, 0.5) is 0 Å². The number of benzene rings is 1. The van der Waals surface area contributed by atoms with E-state index in [0.717, 1.165) is 24.2 Å². The summed E-state index contributed by atoms with van der Waals surface area (Å²) in [6.45, 7) is 0. The molecule has 0 N–H and O–H groups in total. The van der Waals surface area contributed by atoms with Gasteiger partial charge in [0.2, 0.25) is 0 Å². The van der Waals surface area contributed by atoms with Gasteiger partial charge in [-0.25, -0.2) is 0 Å². The molecule has 3 rings (SSSR count). The fourth-order valence-electron chi connectivity index (χ4n) is 2.11. The highest BCUT2D eigenvalue weighted by atomic mass is 35.5. The van der Waals surface area contributed by atoms with Crippen molar-refractivity contribution in [3.63, 3.8) is 0 Å². The van der Waals surface area contributed by atoms with E-state index in [9.17, 15) is 0 Å². The quantitative estimate of drug-likeness (QED) is 0.786. The van der Waals surface area contributed by atoms with Crippen molar-refractivity contribution in [2.24, 2.45) is 0 Å². The monoisotopic (exact) mass is 277 g/mol. The molecular formula is C13H10BCl2NO. The second-order valence-electron chi connectivity index (χ2n) is 4.45. The maximum Gasteiger partial charge on any atom is 0.142 e. The first-order valence-electron chi connectivity index (χ1n) is 5.85. The summed E-state index contributed by atoms with van der Waals surface area (Å²) in [5.74, 6) is 1.36. The SMILES string of the molecule is [B]Cc1c(-c2c(Cl)cccc2Cl)noc1C1CC1. The van der Waals surface area contributed by atoms with E-state index in [4.69, 9.17) is 35.6 Å². The first-order chi connectivity index (χ1) is 8.72. The van der Waals surface area contributed by atoms with E-state index < -0.39 is 0 Å². The maximum absolute atomic E-state index is 6.19. The molecule has 0 aliphatic heterocycles. The number of rotatable bonds is 3. The van der Waals surface area contributed by atoms with Gasteiger partial charge in [0.25, 0.3) is 0 Å². The molecule has 90 valence electrons. The molecule has 0 spiro atoms. The Labute approximate surface area is 117 Å². The fraction of sp³-hybridized carbons (Fsp3) is 0.308. The molecule has 1 heterocycles. The minimum Gasteiger partial charge on any atom is -0.360 e. The summed E-state index contributed by atoms with van der Waals surface area (Å²) in [5, 5.41) is 5.24. The van der Waals surface area contributed by atoms with Crippen LogP contribution >= 0.6 is 23.2 Å². The fourth-order valence-corrected chi connectivity index (χ4v) is 2.68. The summed E-state index contributed by atoms with van der Waals surface area (Å²) in [6, 6.07) is 5.38. The average molecular weight is 278 g/mol. The molecule has 1 fully saturated rings.